The van der Waals surface area contributed by atoms with Crippen LogP contribution in [0.2, 0.25) is 0 Å². The second-order valence-corrected chi connectivity index (χ2v) is 5.58. The lowest BCUT2D eigenvalue weighted by Gasteiger charge is -2.13. The quantitative estimate of drug-likeness (QED) is 0.827. The van der Waals surface area contributed by atoms with Crippen molar-refractivity contribution in [1.82, 2.24) is 9.97 Å². The molecule has 1 aliphatic rings. The molecule has 4 heteroatoms. The van der Waals surface area contributed by atoms with Gasteiger partial charge in [-0.05, 0) is 25.3 Å². The Morgan fingerprint density at radius 2 is 2.06 bits per heavy atom. The van der Waals surface area contributed by atoms with Crippen LogP contribution in [0, 0.1) is 0 Å². The fourth-order valence-corrected chi connectivity index (χ4v) is 3.53. The highest BCUT2D eigenvalue weighted by Gasteiger charge is 2.26. The molecule has 1 heterocycles. The highest BCUT2D eigenvalue weighted by atomic mass is 32.2. The zero-order chi connectivity index (χ0) is 11.7. The first-order chi connectivity index (χ1) is 8.34. The zero-order valence-corrected chi connectivity index (χ0v) is 10.2. The van der Waals surface area contributed by atoms with Gasteiger partial charge in [-0.1, -0.05) is 30.0 Å². The van der Waals surface area contributed by atoms with E-state index in [1.807, 2.05) is 24.3 Å². The van der Waals surface area contributed by atoms with Gasteiger partial charge in [-0.2, -0.15) is 0 Å². The molecule has 1 aromatic carbocycles. The standard InChI is InChI=1S/C13H14N2OS/c16-11-6-3-7-12(11)17-13-9-4-1-2-5-10(9)14-8-15-13/h1-2,4-5,8,11-12,16H,3,6-7H2/t11-,12-/m1/s1. The first kappa shape index (κ1) is 11.0. The van der Waals surface area contributed by atoms with E-state index in [0.717, 1.165) is 35.2 Å². The van der Waals surface area contributed by atoms with E-state index in [-0.39, 0.29) is 11.4 Å². The van der Waals surface area contributed by atoms with Gasteiger partial charge in [0.2, 0.25) is 0 Å². The summed E-state index contributed by atoms with van der Waals surface area (Å²) >= 11 is 1.69. The van der Waals surface area contributed by atoms with Crippen LogP contribution in [-0.2, 0) is 0 Å². The molecule has 0 unspecified atom stereocenters. The van der Waals surface area contributed by atoms with Gasteiger partial charge in [0.25, 0.3) is 0 Å². The number of benzene rings is 1. The Morgan fingerprint density at radius 3 is 2.88 bits per heavy atom. The summed E-state index contributed by atoms with van der Waals surface area (Å²) < 4.78 is 0. The lowest BCUT2D eigenvalue weighted by Crippen LogP contribution is -2.15. The Balaban J connectivity index is 1.94. The molecule has 1 aliphatic carbocycles. The lowest BCUT2D eigenvalue weighted by molar-refractivity contribution is 0.188. The fourth-order valence-electron chi connectivity index (χ4n) is 2.26. The maximum absolute atomic E-state index is 9.86. The third-order valence-corrected chi connectivity index (χ3v) is 4.59. The van der Waals surface area contributed by atoms with Gasteiger partial charge in [0, 0.05) is 10.6 Å². The smallest absolute Gasteiger partial charge is 0.117 e. The summed E-state index contributed by atoms with van der Waals surface area (Å²) in [5.41, 5.74) is 0.970. The second-order valence-electron chi connectivity index (χ2n) is 4.35. The summed E-state index contributed by atoms with van der Waals surface area (Å²) in [6.07, 6.45) is 4.52. The molecular formula is C13H14N2OS. The molecule has 3 nitrogen and oxygen atoms in total. The largest absolute Gasteiger partial charge is 0.392 e. The van der Waals surface area contributed by atoms with Crippen molar-refractivity contribution >= 4 is 22.7 Å². The van der Waals surface area contributed by atoms with E-state index in [2.05, 4.69) is 9.97 Å². The number of aromatic nitrogens is 2. The SMILES string of the molecule is O[C@@H]1CCC[C@H]1Sc1ncnc2ccccc12. The van der Waals surface area contributed by atoms with Gasteiger partial charge in [0.05, 0.1) is 11.6 Å². The van der Waals surface area contributed by atoms with Crippen molar-refractivity contribution in [2.75, 3.05) is 0 Å². The number of rotatable bonds is 2. The van der Waals surface area contributed by atoms with Crippen molar-refractivity contribution in [3.63, 3.8) is 0 Å². The molecule has 1 fully saturated rings. The van der Waals surface area contributed by atoms with Crippen LogP contribution in [0.3, 0.4) is 0 Å². The van der Waals surface area contributed by atoms with Gasteiger partial charge in [-0.3, -0.25) is 0 Å². The number of aliphatic hydroxyl groups excluding tert-OH is 1. The predicted molar refractivity (Wildman–Crippen MR) is 69.0 cm³/mol. The second kappa shape index (κ2) is 4.63. The predicted octanol–water partition coefficient (Wildman–Crippen LogP) is 2.64. The lowest BCUT2D eigenvalue weighted by atomic mass is 10.2. The topological polar surface area (TPSA) is 46.0 Å². The molecule has 1 saturated carbocycles. The number of hydrogen-bond donors (Lipinski definition) is 1. The van der Waals surface area contributed by atoms with Gasteiger partial charge >= 0.3 is 0 Å². The summed E-state index contributed by atoms with van der Waals surface area (Å²) in [5, 5.41) is 12.2. The monoisotopic (exact) mass is 246 g/mol. The van der Waals surface area contributed by atoms with Gasteiger partial charge in [-0.15, -0.1) is 0 Å². The van der Waals surface area contributed by atoms with Gasteiger partial charge in [-0.25, -0.2) is 9.97 Å². The van der Waals surface area contributed by atoms with E-state index in [1.54, 1.807) is 18.1 Å². The minimum Gasteiger partial charge on any atom is -0.392 e. The molecule has 1 N–H and O–H groups in total. The van der Waals surface area contributed by atoms with E-state index in [1.165, 1.54) is 0 Å². The van der Waals surface area contributed by atoms with E-state index in [0.29, 0.717) is 0 Å². The van der Waals surface area contributed by atoms with Gasteiger partial charge in [0.15, 0.2) is 0 Å². The van der Waals surface area contributed by atoms with Crippen molar-refractivity contribution < 1.29 is 5.11 Å². The number of thioether (sulfide) groups is 1. The van der Waals surface area contributed by atoms with Crippen molar-refractivity contribution in [1.29, 1.82) is 0 Å². The molecule has 0 spiro atoms. The molecule has 0 amide bonds. The van der Waals surface area contributed by atoms with Crippen LogP contribution in [-0.4, -0.2) is 26.4 Å². The van der Waals surface area contributed by atoms with Crippen LogP contribution in [0.5, 0.6) is 0 Å². The number of nitrogens with zero attached hydrogens (tertiary/aromatic N) is 2. The summed E-state index contributed by atoms with van der Waals surface area (Å²) in [6, 6.07) is 8.01. The Kier molecular flexibility index (Phi) is 2.99. The van der Waals surface area contributed by atoms with Gasteiger partial charge < -0.3 is 5.11 Å². The number of aliphatic hydroxyl groups is 1. The highest BCUT2D eigenvalue weighted by molar-refractivity contribution is 8.00. The molecule has 0 saturated heterocycles. The van der Waals surface area contributed by atoms with Gasteiger partial charge in [0.1, 0.15) is 11.4 Å². The summed E-state index contributed by atoms with van der Waals surface area (Å²) in [7, 11) is 0. The molecule has 1 aromatic heterocycles. The molecule has 2 aromatic rings. The molecule has 2 atom stereocenters. The van der Waals surface area contributed by atoms with Crippen molar-refractivity contribution in [2.45, 2.75) is 35.6 Å². The molecule has 17 heavy (non-hydrogen) atoms. The number of fused-ring (bicyclic) bond motifs is 1. The minimum atomic E-state index is -0.186. The Bertz CT molecular complexity index is 526. The summed E-state index contributed by atoms with van der Waals surface area (Å²) in [5.74, 6) is 0. The van der Waals surface area contributed by atoms with E-state index in [4.69, 9.17) is 0 Å². The maximum atomic E-state index is 9.86. The average Bonchev–Trinajstić information content (AvgIpc) is 2.76. The molecule has 88 valence electrons. The van der Waals surface area contributed by atoms with Crippen molar-refractivity contribution in [2.24, 2.45) is 0 Å². The number of para-hydroxylation sites is 1. The third-order valence-electron chi connectivity index (χ3n) is 3.19. The first-order valence-corrected chi connectivity index (χ1v) is 6.77. The molecule has 0 radical (unpaired) electrons. The van der Waals surface area contributed by atoms with E-state index >= 15 is 0 Å². The first-order valence-electron chi connectivity index (χ1n) is 5.89. The zero-order valence-electron chi connectivity index (χ0n) is 9.41. The van der Waals surface area contributed by atoms with Crippen LogP contribution in [0.25, 0.3) is 10.9 Å². The van der Waals surface area contributed by atoms with Crippen LogP contribution in [0.15, 0.2) is 35.6 Å². The molecule has 0 bridgehead atoms. The third kappa shape index (κ3) is 2.15. The molecular weight excluding hydrogens is 232 g/mol. The summed E-state index contributed by atoms with van der Waals surface area (Å²) in [6.45, 7) is 0. The fraction of sp³-hybridized carbons (Fsp3) is 0.385. The van der Waals surface area contributed by atoms with E-state index < -0.39 is 0 Å². The number of hydrogen-bond acceptors (Lipinski definition) is 4. The van der Waals surface area contributed by atoms with Crippen molar-refractivity contribution in [3.8, 4) is 0 Å². The van der Waals surface area contributed by atoms with Crippen LogP contribution in [0.1, 0.15) is 19.3 Å². The Morgan fingerprint density at radius 1 is 1.18 bits per heavy atom. The minimum absolute atomic E-state index is 0.186. The van der Waals surface area contributed by atoms with Crippen LogP contribution in [0.4, 0.5) is 0 Å². The van der Waals surface area contributed by atoms with E-state index in [9.17, 15) is 5.11 Å². The average molecular weight is 246 g/mol. The molecule has 0 aliphatic heterocycles. The molecule has 3 rings (SSSR count). The highest BCUT2D eigenvalue weighted by Crippen LogP contribution is 2.36. The maximum Gasteiger partial charge on any atom is 0.117 e. The normalized spacial score (nSPS) is 24.3. The van der Waals surface area contributed by atoms with Crippen LogP contribution < -0.4 is 0 Å². The Labute approximate surface area is 104 Å². The Hall–Kier alpha value is -1.13. The summed E-state index contributed by atoms with van der Waals surface area (Å²) in [4.78, 5) is 8.59. The van der Waals surface area contributed by atoms with Crippen molar-refractivity contribution in [3.05, 3.63) is 30.6 Å². The van der Waals surface area contributed by atoms with Crippen LogP contribution >= 0.6 is 11.8 Å².